The number of carbonyl (C=O) groups is 1. The third-order valence-electron chi connectivity index (χ3n) is 3.39. The Labute approximate surface area is 131 Å². The molecule has 1 atom stereocenters. The van der Waals surface area contributed by atoms with Crippen molar-refractivity contribution >= 4 is 33.4 Å². The Morgan fingerprint density at radius 1 is 1.50 bits per heavy atom. The van der Waals surface area contributed by atoms with Gasteiger partial charge in [-0.1, -0.05) is 11.6 Å². The van der Waals surface area contributed by atoms with Crippen LogP contribution in [0.4, 0.5) is 5.69 Å². The van der Waals surface area contributed by atoms with Crippen molar-refractivity contribution in [3.8, 4) is 0 Å². The fourth-order valence-electron chi connectivity index (χ4n) is 2.21. The van der Waals surface area contributed by atoms with Crippen molar-refractivity contribution in [3.05, 3.63) is 33.3 Å². The van der Waals surface area contributed by atoms with Crippen LogP contribution in [0, 0.1) is 10.1 Å². The normalized spacial score (nSPS) is 19.1. The minimum absolute atomic E-state index is 0.203. The molecule has 8 nitrogen and oxygen atoms in total. The topological polar surface area (TPSA) is 107 Å². The molecule has 1 saturated heterocycles. The first kappa shape index (κ1) is 16.7. The second kappa shape index (κ2) is 6.19. The lowest BCUT2D eigenvalue weighted by Gasteiger charge is -2.17. The summed E-state index contributed by atoms with van der Waals surface area (Å²) >= 11 is 5.62. The van der Waals surface area contributed by atoms with E-state index in [0.717, 1.165) is 24.6 Å². The van der Waals surface area contributed by atoms with Gasteiger partial charge in [-0.25, -0.2) is 4.79 Å². The summed E-state index contributed by atoms with van der Waals surface area (Å²) in [6.07, 6.45) is 1.27. The van der Waals surface area contributed by atoms with Crippen LogP contribution in [-0.4, -0.2) is 43.8 Å². The van der Waals surface area contributed by atoms with E-state index in [1.807, 2.05) is 0 Å². The molecule has 1 heterocycles. The molecule has 0 saturated carbocycles. The average Bonchev–Trinajstić information content (AvgIpc) is 2.84. The molecule has 1 fully saturated rings. The molecule has 0 spiro atoms. The van der Waals surface area contributed by atoms with Crippen LogP contribution in [0.1, 0.15) is 12.8 Å². The summed E-state index contributed by atoms with van der Waals surface area (Å²) in [5, 5.41) is 10.6. The van der Waals surface area contributed by atoms with Crippen molar-refractivity contribution in [2.45, 2.75) is 23.8 Å². The highest BCUT2D eigenvalue weighted by atomic mass is 35.5. The number of carbonyl (C=O) groups excluding carboxylic acids is 1. The molecule has 10 heteroatoms. The number of hydrogen-bond donors (Lipinski definition) is 0. The summed E-state index contributed by atoms with van der Waals surface area (Å²) in [5.41, 5.74) is -0.572. The summed E-state index contributed by atoms with van der Waals surface area (Å²) in [6, 6.07) is 2.26. The van der Waals surface area contributed by atoms with Gasteiger partial charge in [0.15, 0.2) is 0 Å². The number of nitro benzene ring substituents is 1. The lowest BCUT2D eigenvalue weighted by Crippen LogP contribution is -2.35. The maximum absolute atomic E-state index is 12.1. The quantitative estimate of drug-likeness (QED) is 0.461. The van der Waals surface area contributed by atoms with Crippen molar-refractivity contribution in [2.24, 2.45) is 0 Å². The predicted octanol–water partition coefficient (Wildman–Crippen LogP) is 1.57. The molecule has 0 unspecified atom stereocenters. The standard InChI is InChI=1S/C12H13ClN2O6S/c1-14-6-2-3-10(14)12(16)21-22(19,20)8-4-5-9(13)11(7-8)15(17)18/h4-5,7,10H,2-3,6H2,1H3/t10-/m0/s1. The van der Waals surface area contributed by atoms with Gasteiger partial charge >= 0.3 is 16.1 Å². The van der Waals surface area contributed by atoms with E-state index >= 15 is 0 Å². The lowest BCUT2D eigenvalue weighted by molar-refractivity contribution is -0.384. The summed E-state index contributed by atoms with van der Waals surface area (Å²) < 4.78 is 28.7. The molecule has 0 bridgehead atoms. The second-order valence-corrected chi connectivity index (χ2v) is 6.82. The van der Waals surface area contributed by atoms with E-state index < -0.39 is 37.6 Å². The van der Waals surface area contributed by atoms with Crippen LogP contribution in [0.3, 0.4) is 0 Å². The summed E-state index contributed by atoms with van der Waals surface area (Å²) in [5.74, 6) is -0.891. The van der Waals surface area contributed by atoms with Crippen molar-refractivity contribution in [3.63, 3.8) is 0 Å². The number of hydrogen-bond acceptors (Lipinski definition) is 7. The average molecular weight is 349 g/mol. The Hall–Kier alpha value is -1.71. The van der Waals surface area contributed by atoms with Gasteiger partial charge in [-0.15, -0.1) is 0 Å². The molecule has 0 aromatic heterocycles. The van der Waals surface area contributed by atoms with E-state index in [-0.39, 0.29) is 5.02 Å². The highest BCUT2D eigenvalue weighted by Gasteiger charge is 2.33. The Morgan fingerprint density at radius 3 is 2.73 bits per heavy atom. The SMILES string of the molecule is CN1CCC[C@H]1C(=O)OS(=O)(=O)c1ccc(Cl)c([N+](=O)[O-])c1. The first-order chi connectivity index (χ1) is 10.2. The molecule has 0 aliphatic carbocycles. The Balaban J connectivity index is 2.25. The largest absolute Gasteiger partial charge is 0.342 e. The maximum atomic E-state index is 12.1. The number of rotatable bonds is 4. The zero-order chi connectivity index (χ0) is 16.5. The molecule has 1 aromatic carbocycles. The molecule has 2 rings (SSSR count). The molecule has 0 radical (unpaired) electrons. The van der Waals surface area contributed by atoms with Crippen LogP contribution in [0.2, 0.25) is 5.02 Å². The Kier molecular flexibility index (Phi) is 4.69. The maximum Gasteiger partial charge on any atom is 0.342 e. The predicted molar refractivity (Wildman–Crippen MR) is 77.0 cm³/mol. The zero-order valence-electron chi connectivity index (χ0n) is 11.6. The van der Waals surface area contributed by atoms with Crippen molar-refractivity contribution in [1.82, 2.24) is 4.90 Å². The molecule has 0 amide bonds. The number of nitro groups is 1. The fraction of sp³-hybridized carbons (Fsp3) is 0.417. The van der Waals surface area contributed by atoms with Gasteiger partial charge < -0.3 is 4.18 Å². The van der Waals surface area contributed by atoms with Gasteiger partial charge in [-0.3, -0.25) is 15.0 Å². The first-order valence-electron chi connectivity index (χ1n) is 6.35. The van der Waals surface area contributed by atoms with Crippen LogP contribution in [0.15, 0.2) is 23.1 Å². The van der Waals surface area contributed by atoms with E-state index in [9.17, 15) is 23.3 Å². The van der Waals surface area contributed by atoms with Gasteiger partial charge in [0.1, 0.15) is 16.0 Å². The molecule has 22 heavy (non-hydrogen) atoms. The summed E-state index contributed by atoms with van der Waals surface area (Å²) in [7, 11) is -2.74. The molecular formula is C12H13ClN2O6S. The Bertz CT molecular complexity index is 720. The van der Waals surface area contributed by atoms with Gasteiger partial charge in [0.2, 0.25) is 0 Å². The van der Waals surface area contributed by atoms with Crippen molar-refractivity contribution < 1.29 is 22.3 Å². The van der Waals surface area contributed by atoms with E-state index in [2.05, 4.69) is 4.18 Å². The highest BCUT2D eigenvalue weighted by molar-refractivity contribution is 7.87. The molecular weight excluding hydrogens is 336 g/mol. The van der Waals surface area contributed by atoms with Crippen LogP contribution < -0.4 is 0 Å². The number of benzene rings is 1. The summed E-state index contributed by atoms with van der Waals surface area (Å²) in [6.45, 7) is 0.673. The van der Waals surface area contributed by atoms with Gasteiger partial charge in [-0.05, 0) is 38.6 Å². The van der Waals surface area contributed by atoms with Gasteiger partial charge in [0, 0.05) is 6.07 Å². The lowest BCUT2D eigenvalue weighted by atomic mass is 10.2. The third-order valence-corrected chi connectivity index (χ3v) is 4.92. The smallest absolute Gasteiger partial charge is 0.341 e. The molecule has 1 aromatic rings. The second-order valence-electron chi connectivity index (χ2n) is 4.87. The van der Waals surface area contributed by atoms with Gasteiger partial charge in [-0.2, -0.15) is 8.42 Å². The Morgan fingerprint density at radius 2 is 2.18 bits per heavy atom. The van der Waals surface area contributed by atoms with Crippen molar-refractivity contribution in [1.29, 1.82) is 0 Å². The van der Waals surface area contributed by atoms with Crippen LogP contribution in [0.25, 0.3) is 0 Å². The molecule has 120 valence electrons. The highest BCUT2D eigenvalue weighted by Crippen LogP contribution is 2.28. The van der Waals surface area contributed by atoms with E-state index in [4.69, 9.17) is 11.6 Å². The minimum Gasteiger partial charge on any atom is -0.341 e. The van der Waals surface area contributed by atoms with Crippen LogP contribution >= 0.6 is 11.6 Å². The van der Waals surface area contributed by atoms with Gasteiger partial charge in [0.25, 0.3) is 5.69 Å². The van der Waals surface area contributed by atoms with E-state index in [1.165, 1.54) is 0 Å². The molecule has 0 N–H and O–H groups in total. The van der Waals surface area contributed by atoms with Crippen molar-refractivity contribution in [2.75, 3.05) is 13.6 Å². The van der Waals surface area contributed by atoms with Crippen LogP contribution in [0.5, 0.6) is 0 Å². The monoisotopic (exact) mass is 348 g/mol. The number of halogens is 1. The third kappa shape index (κ3) is 3.37. The summed E-state index contributed by atoms with van der Waals surface area (Å²) in [4.78, 5) is 23.1. The number of likely N-dealkylation sites (N-methyl/N-ethyl adjacent to an activating group) is 1. The van der Waals surface area contributed by atoms with Crippen LogP contribution in [-0.2, 0) is 19.1 Å². The molecule has 1 aliphatic heterocycles. The van der Waals surface area contributed by atoms with E-state index in [0.29, 0.717) is 13.0 Å². The number of likely N-dealkylation sites (tertiary alicyclic amines) is 1. The zero-order valence-corrected chi connectivity index (χ0v) is 13.1. The van der Waals surface area contributed by atoms with Gasteiger partial charge in [0.05, 0.1) is 4.92 Å². The first-order valence-corrected chi connectivity index (χ1v) is 8.13. The number of nitrogens with zero attached hydrogens (tertiary/aromatic N) is 2. The fourth-order valence-corrected chi connectivity index (χ4v) is 3.31. The molecule has 1 aliphatic rings. The minimum atomic E-state index is -4.43. The van der Waals surface area contributed by atoms with E-state index in [1.54, 1.807) is 11.9 Å².